The maximum Gasteiger partial charge on any atom is 0.328 e. The first kappa shape index (κ1) is 57.9. The van der Waals surface area contributed by atoms with Crippen LogP contribution in [0.25, 0.3) is 0 Å². The second-order valence-corrected chi connectivity index (χ2v) is 22.3. The molecular weight excluding hydrogens is 913 g/mol. The molecule has 3 rings (SSSR count). The summed E-state index contributed by atoms with van der Waals surface area (Å²) in [6.07, 6.45) is 7.10. The number of hydrogen-bond acceptors (Lipinski definition) is 13. The van der Waals surface area contributed by atoms with Crippen molar-refractivity contribution in [2.24, 2.45) is 28.5 Å². The number of carbonyl (C=O) groups is 7. The highest BCUT2D eigenvalue weighted by atomic mass is 32.2. The number of rotatable bonds is 23. The maximum atomic E-state index is 13.7. The topological polar surface area (TPSA) is 288 Å². The lowest BCUT2D eigenvalue weighted by atomic mass is 9.93. The highest BCUT2D eigenvalue weighted by Gasteiger charge is 2.37. The van der Waals surface area contributed by atoms with Crippen molar-refractivity contribution in [2.45, 2.75) is 175 Å². The van der Waals surface area contributed by atoms with Gasteiger partial charge in [-0.15, -0.1) is 0 Å². The highest BCUT2D eigenvalue weighted by Crippen LogP contribution is 2.43. The predicted molar refractivity (Wildman–Crippen MR) is 259 cm³/mol. The predicted octanol–water partition coefficient (Wildman–Crippen LogP) is 4.33. The summed E-state index contributed by atoms with van der Waals surface area (Å²) in [5.41, 5.74) is 6.49. The molecule has 0 saturated heterocycles. The molecule has 0 bridgehead atoms. The first-order valence-corrected chi connectivity index (χ1v) is 25.1. The standard InChI is InChI=1S/C49H76N6O13S/c1-29-30(2)41(31(3)37-25-49(10,11)68-40(29)37)69(64,65)55-46(50)51-21-17-20-33(22-35(56)26-52-42(59)32-18-15-13-12-14-16-19-32)43(60)53-27-36(57)23-34(24-39(58)67-48(7,8)9)44(61)54-38(45(62)63)28-66-47(4,5)6/h12-13,32-34,38H,14-28H2,1-11H3,(H,52,59)(H,53,60)(H,54,61)(H,62,63)(H3,50,51,55)/b13-12-. The number of sulfonamides is 1. The van der Waals surface area contributed by atoms with E-state index < -0.39 is 106 Å². The van der Waals surface area contributed by atoms with Crippen molar-refractivity contribution >= 4 is 57.2 Å². The molecule has 0 radical (unpaired) electrons. The number of nitrogens with one attached hydrogen (secondary N) is 4. The lowest BCUT2D eigenvalue weighted by Gasteiger charge is -2.25. The largest absolute Gasteiger partial charge is 0.487 e. The van der Waals surface area contributed by atoms with E-state index in [2.05, 4.69) is 31.7 Å². The molecule has 19 nitrogen and oxygen atoms in total. The molecule has 386 valence electrons. The van der Waals surface area contributed by atoms with Crippen LogP contribution in [0.1, 0.15) is 142 Å². The second kappa shape index (κ2) is 25.0. The minimum absolute atomic E-state index is 0.0348. The molecule has 20 heteroatoms. The van der Waals surface area contributed by atoms with Crippen molar-refractivity contribution in [3.8, 4) is 5.75 Å². The number of nitrogens with two attached hydrogens (primary N) is 1. The number of Topliss-reactive ketones (excluding diaryl/α,β-unsaturated/α-hetero) is 2. The third kappa shape index (κ3) is 19.2. The zero-order valence-electron chi connectivity index (χ0n) is 42.3. The minimum Gasteiger partial charge on any atom is -0.487 e. The SMILES string of the molecule is Cc1c(C)c(S(=O)(=O)NC(N)=NCCCC(CC(=O)CNC(=O)C2CC/C=C\CCC2)C(=O)NCC(=O)CC(CC(=O)OC(C)(C)C)C(=O)NC(COC(C)(C)C)C(=O)O)c(C)c2c1OC(C)(C)C2. The number of ether oxygens (including phenoxy) is 3. The summed E-state index contributed by atoms with van der Waals surface area (Å²) < 4.78 is 46.9. The number of carbonyl (C=O) groups excluding carboxylic acids is 6. The average Bonchev–Trinajstić information content (AvgIpc) is 3.54. The molecular formula is C49H76N6O13S. The quantitative estimate of drug-likeness (QED) is 0.0293. The Morgan fingerprint density at radius 1 is 0.855 bits per heavy atom. The number of nitrogens with zero attached hydrogens (tertiary/aromatic N) is 1. The van der Waals surface area contributed by atoms with Crippen LogP contribution in [0.15, 0.2) is 22.0 Å². The molecule has 1 aromatic carbocycles. The van der Waals surface area contributed by atoms with Gasteiger partial charge in [0.15, 0.2) is 17.6 Å². The first-order chi connectivity index (χ1) is 31.9. The number of fused-ring (bicyclic) bond motifs is 1. The number of aliphatic imine (C=N–C) groups is 1. The molecule has 3 amide bonds. The van der Waals surface area contributed by atoms with Crippen LogP contribution in [0.4, 0.5) is 0 Å². The van der Waals surface area contributed by atoms with Crippen LogP contribution in [0.5, 0.6) is 5.75 Å². The molecule has 2 aliphatic rings. The maximum absolute atomic E-state index is 13.7. The van der Waals surface area contributed by atoms with E-state index in [4.69, 9.17) is 19.9 Å². The Kier molecular flexibility index (Phi) is 21.0. The van der Waals surface area contributed by atoms with Crippen molar-refractivity contribution in [2.75, 3.05) is 26.2 Å². The Morgan fingerprint density at radius 2 is 1.48 bits per heavy atom. The number of benzene rings is 1. The number of esters is 1. The number of carboxylic acids is 1. The Labute approximate surface area is 407 Å². The van der Waals surface area contributed by atoms with Gasteiger partial charge in [0.2, 0.25) is 23.7 Å². The fourth-order valence-electron chi connectivity index (χ4n) is 8.15. The lowest BCUT2D eigenvalue weighted by molar-refractivity contribution is -0.157. The number of aliphatic carboxylic acids is 1. The molecule has 4 unspecified atom stereocenters. The molecule has 0 aromatic heterocycles. The molecule has 1 aliphatic heterocycles. The summed E-state index contributed by atoms with van der Waals surface area (Å²) in [6, 6.07) is -1.50. The van der Waals surface area contributed by atoms with Gasteiger partial charge < -0.3 is 41.0 Å². The Morgan fingerprint density at radius 3 is 2.10 bits per heavy atom. The second-order valence-electron chi connectivity index (χ2n) is 20.7. The molecule has 69 heavy (non-hydrogen) atoms. The van der Waals surface area contributed by atoms with Crippen molar-refractivity contribution in [1.82, 2.24) is 20.7 Å². The summed E-state index contributed by atoms with van der Waals surface area (Å²) in [6.45, 7) is 17.7. The Bertz CT molecular complexity index is 2240. The van der Waals surface area contributed by atoms with Gasteiger partial charge in [0.25, 0.3) is 10.0 Å². The van der Waals surface area contributed by atoms with E-state index >= 15 is 0 Å². The van der Waals surface area contributed by atoms with Crippen molar-refractivity contribution in [1.29, 1.82) is 0 Å². The molecule has 1 aromatic rings. The third-order valence-corrected chi connectivity index (χ3v) is 13.3. The summed E-state index contributed by atoms with van der Waals surface area (Å²) in [5, 5.41) is 17.4. The van der Waals surface area contributed by atoms with Crippen LogP contribution >= 0.6 is 0 Å². The van der Waals surface area contributed by atoms with Gasteiger partial charge in [-0.2, -0.15) is 0 Å². The van der Waals surface area contributed by atoms with Gasteiger partial charge in [-0.05, 0) is 138 Å². The molecule has 0 fully saturated rings. The number of ketones is 2. The van der Waals surface area contributed by atoms with Crippen molar-refractivity contribution in [3.05, 3.63) is 34.4 Å². The van der Waals surface area contributed by atoms with Gasteiger partial charge >= 0.3 is 11.9 Å². The Balaban J connectivity index is 1.75. The van der Waals surface area contributed by atoms with E-state index in [1.165, 1.54) is 0 Å². The Hall–Kier alpha value is -5.37. The molecule has 1 heterocycles. The lowest BCUT2D eigenvalue weighted by Crippen LogP contribution is -2.48. The van der Waals surface area contributed by atoms with Gasteiger partial charge in [-0.1, -0.05) is 12.2 Å². The summed E-state index contributed by atoms with van der Waals surface area (Å²) in [4.78, 5) is 96.1. The first-order valence-electron chi connectivity index (χ1n) is 23.7. The van der Waals surface area contributed by atoms with Gasteiger partial charge in [0.05, 0.1) is 42.5 Å². The van der Waals surface area contributed by atoms with Crippen LogP contribution < -0.4 is 31.1 Å². The van der Waals surface area contributed by atoms with Gasteiger partial charge in [0.1, 0.15) is 17.0 Å². The molecule has 1 aliphatic carbocycles. The zero-order chi connectivity index (χ0) is 52.1. The van der Waals surface area contributed by atoms with E-state index in [0.29, 0.717) is 41.7 Å². The van der Waals surface area contributed by atoms with E-state index in [9.17, 15) is 47.1 Å². The summed E-state index contributed by atoms with van der Waals surface area (Å²) in [5.74, 6) is -7.59. The number of hydrogen-bond donors (Lipinski definition) is 6. The van der Waals surface area contributed by atoms with Crippen LogP contribution in [0, 0.1) is 38.5 Å². The van der Waals surface area contributed by atoms with Gasteiger partial charge in [-0.25, -0.2) is 17.9 Å². The van der Waals surface area contributed by atoms with E-state index in [1.807, 2.05) is 19.9 Å². The van der Waals surface area contributed by atoms with Crippen LogP contribution in [0.3, 0.4) is 0 Å². The number of amides is 3. The fraction of sp³-hybridized carbons (Fsp3) is 0.673. The van der Waals surface area contributed by atoms with Crippen LogP contribution in [-0.2, 0) is 59.5 Å². The molecule has 4 atom stereocenters. The van der Waals surface area contributed by atoms with Crippen molar-refractivity contribution in [3.63, 3.8) is 0 Å². The van der Waals surface area contributed by atoms with E-state index in [-0.39, 0.29) is 55.0 Å². The fourth-order valence-corrected chi connectivity index (χ4v) is 9.67. The number of allylic oxidation sites excluding steroid dienone is 2. The number of guanidine groups is 1. The number of carboxylic acid groups (broad SMARTS) is 1. The third-order valence-electron chi connectivity index (χ3n) is 11.7. The van der Waals surface area contributed by atoms with Crippen LogP contribution in [-0.4, -0.2) is 110 Å². The van der Waals surface area contributed by atoms with Crippen LogP contribution in [0.2, 0.25) is 0 Å². The van der Waals surface area contributed by atoms with Crippen molar-refractivity contribution < 1.29 is 61.3 Å². The van der Waals surface area contributed by atoms with E-state index in [0.717, 1.165) is 24.8 Å². The summed E-state index contributed by atoms with van der Waals surface area (Å²) in [7, 11) is -4.20. The highest BCUT2D eigenvalue weighted by molar-refractivity contribution is 7.90. The molecule has 0 saturated carbocycles. The minimum atomic E-state index is -4.20. The normalized spacial score (nSPS) is 17.9. The van der Waals surface area contributed by atoms with Gasteiger partial charge in [-0.3, -0.25) is 33.8 Å². The average molecular weight is 989 g/mol. The van der Waals surface area contributed by atoms with Gasteiger partial charge in [0, 0.05) is 43.2 Å². The van der Waals surface area contributed by atoms with E-state index in [1.54, 1.807) is 62.3 Å². The molecule has 7 N–H and O–H groups in total. The zero-order valence-corrected chi connectivity index (χ0v) is 43.2. The smallest absolute Gasteiger partial charge is 0.328 e. The monoisotopic (exact) mass is 989 g/mol. The molecule has 0 spiro atoms. The summed E-state index contributed by atoms with van der Waals surface area (Å²) >= 11 is 0.